The van der Waals surface area contributed by atoms with Crippen LogP contribution in [0.4, 0.5) is 5.69 Å². The van der Waals surface area contributed by atoms with Gasteiger partial charge in [0.05, 0.1) is 28.8 Å². The minimum Gasteiger partial charge on any atom is -0.507 e. The van der Waals surface area contributed by atoms with E-state index in [1.807, 2.05) is 0 Å². The summed E-state index contributed by atoms with van der Waals surface area (Å²) in [7, 11) is -4.34. The molecule has 180 valence electrons. The fraction of sp³-hybridized carbons (Fsp3) is 0.391. The third kappa shape index (κ3) is 4.71. The number of halogens is 1. The number of sulfonamides is 1. The van der Waals surface area contributed by atoms with Gasteiger partial charge in [-0.05, 0) is 68.0 Å². The van der Waals surface area contributed by atoms with Crippen LogP contribution in [0.5, 0.6) is 11.5 Å². The normalized spacial score (nSPS) is 19.1. The molecule has 9 nitrogen and oxygen atoms in total. The second-order valence-electron chi connectivity index (χ2n) is 8.53. The van der Waals surface area contributed by atoms with E-state index in [0.29, 0.717) is 29.5 Å². The highest BCUT2D eigenvalue weighted by Gasteiger charge is 2.40. The standard InChI is InChI=1S/C23H24BrN3O6S/c24-15-4-5-19(28)20(11-15)34(31,32)27-18-10-14(23(13-25)6-2-7-23)9-17(21(18)29)22(30)26-12-16-3-1-8-33-16/h4-5,9-11,16,27-29H,1-3,6-8,12H2,(H,26,30). The maximum atomic E-state index is 13.0. The Kier molecular flexibility index (Phi) is 6.75. The number of ether oxygens (including phenoxy) is 1. The van der Waals surface area contributed by atoms with E-state index in [2.05, 4.69) is 32.0 Å². The number of nitriles is 1. The van der Waals surface area contributed by atoms with Crippen molar-refractivity contribution in [3.05, 3.63) is 45.9 Å². The molecule has 2 aromatic rings. The minimum atomic E-state index is -4.34. The molecule has 2 aliphatic rings. The van der Waals surface area contributed by atoms with Gasteiger partial charge in [0, 0.05) is 17.6 Å². The van der Waals surface area contributed by atoms with Gasteiger partial charge in [-0.15, -0.1) is 0 Å². The van der Waals surface area contributed by atoms with E-state index in [-0.39, 0.29) is 23.9 Å². The van der Waals surface area contributed by atoms with Crippen LogP contribution in [-0.2, 0) is 20.2 Å². The number of nitrogens with zero attached hydrogens (tertiary/aromatic N) is 1. The molecule has 1 atom stereocenters. The van der Waals surface area contributed by atoms with Crippen LogP contribution in [0.2, 0.25) is 0 Å². The van der Waals surface area contributed by atoms with Crippen molar-refractivity contribution in [2.24, 2.45) is 0 Å². The van der Waals surface area contributed by atoms with Crippen molar-refractivity contribution in [2.45, 2.75) is 48.5 Å². The molecule has 4 rings (SSSR count). The van der Waals surface area contributed by atoms with Crippen molar-refractivity contribution < 1.29 is 28.2 Å². The summed E-state index contributed by atoms with van der Waals surface area (Å²) in [5.74, 6) is -1.65. The highest BCUT2D eigenvalue weighted by atomic mass is 79.9. The number of aromatic hydroxyl groups is 2. The molecular weight excluding hydrogens is 526 g/mol. The monoisotopic (exact) mass is 549 g/mol. The van der Waals surface area contributed by atoms with Gasteiger partial charge in [-0.3, -0.25) is 9.52 Å². The topological polar surface area (TPSA) is 149 Å². The first-order valence-electron chi connectivity index (χ1n) is 10.8. The number of amides is 1. The Labute approximate surface area is 205 Å². The minimum absolute atomic E-state index is 0.121. The first-order chi connectivity index (χ1) is 16.1. The van der Waals surface area contributed by atoms with Crippen LogP contribution in [0.15, 0.2) is 39.7 Å². The average Bonchev–Trinajstić information content (AvgIpc) is 3.29. The molecular formula is C23H24BrN3O6S. The lowest BCUT2D eigenvalue weighted by Crippen LogP contribution is -2.34. The smallest absolute Gasteiger partial charge is 0.265 e. The first kappa shape index (κ1) is 24.3. The van der Waals surface area contributed by atoms with Crippen molar-refractivity contribution in [3.63, 3.8) is 0 Å². The van der Waals surface area contributed by atoms with Gasteiger partial charge in [-0.1, -0.05) is 15.9 Å². The summed E-state index contributed by atoms with van der Waals surface area (Å²) in [4.78, 5) is 12.5. The fourth-order valence-corrected chi connectivity index (χ4v) is 5.86. The van der Waals surface area contributed by atoms with Crippen LogP contribution in [0.3, 0.4) is 0 Å². The van der Waals surface area contributed by atoms with Crippen LogP contribution < -0.4 is 10.0 Å². The predicted molar refractivity (Wildman–Crippen MR) is 127 cm³/mol. The highest BCUT2D eigenvalue weighted by Crippen LogP contribution is 2.46. The Morgan fingerprint density at radius 1 is 1.24 bits per heavy atom. The summed E-state index contributed by atoms with van der Waals surface area (Å²) in [6.07, 6.45) is 3.53. The number of carbonyl (C=O) groups is 1. The summed E-state index contributed by atoms with van der Waals surface area (Å²) in [6, 6.07) is 9.01. The molecule has 2 fully saturated rings. The Bertz CT molecular complexity index is 1260. The molecule has 11 heteroatoms. The molecule has 0 radical (unpaired) electrons. The number of benzene rings is 2. The number of hydrogen-bond acceptors (Lipinski definition) is 7. The molecule has 4 N–H and O–H groups in total. The van der Waals surface area contributed by atoms with Gasteiger partial charge >= 0.3 is 0 Å². The molecule has 1 aliphatic heterocycles. The van der Waals surface area contributed by atoms with Gasteiger partial charge in [0.1, 0.15) is 10.6 Å². The Morgan fingerprint density at radius 3 is 2.62 bits per heavy atom. The van der Waals surface area contributed by atoms with E-state index < -0.39 is 37.7 Å². The van der Waals surface area contributed by atoms with Crippen LogP contribution in [0, 0.1) is 11.3 Å². The average molecular weight is 550 g/mol. The number of phenols is 2. The van der Waals surface area contributed by atoms with E-state index in [1.165, 1.54) is 30.3 Å². The second-order valence-corrected chi connectivity index (χ2v) is 11.1. The Balaban J connectivity index is 1.72. The summed E-state index contributed by atoms with van der Waals surface area (Å²) in [6.45, 7) is 0.874. The zero-order valence-corrected chi connectivity index (χ0v) is 20.6. The number of anilines is 1. The lowest BCUT2D eigenvalue weighted by Gasteiger charge is -2.36. The molecule has 1 saturated carbocycles. The lowest BCUT2D eigenvalue weighted by atomic mass is 9.65. The second kappa shape index (κ2) is 9.44. The SMILES string of the molecule is N#CC1(c2cc(NS(=O)(=O)c3cc(Br)ccc3O)c(O)c(C(=O)NCC3CCCO3)c2)CCC1. The molecule has 0 aromatic heterocycles. The molecule has 1 amide bonds. The largest absolute Gasteiger partial charge is 0.507 e. The molecule has 0 bridgehead atoms. The third-order valence-electron chi connectivity index (χ3n) is 6.30. The Hall–Kier alpha value is -2.81. The van der Waals surface area contributed by atoms with Gasteiger partial charge in [-0.25, -0.2) is 8.42 Å². The summed E-state index contributed by atoms with van der Waals surface area (Å²) >= 11 is 3.18. The first-order valence-corrected chi connectivity index (χ1v) is 13.1. The van der Waals surface area contributed by atoms with Crippen LogP contribution >= 0.6 is 15.9 Å². The zero-order chi connectivity index (χ0) is 24.5. The summed E-state index contributed by atoms with van der Waals surface area (Å²) in [5.41, 5.74) is -0.818. The van der Waals surface area contributed by atoms with E-state index in [4.69, 9.17) is 4.74 Å². The fourth-order valence-electron chi connectivity index (χ4n) is 4.17. The van der Waals surface area contributed by atoms with Crippen LogP contribution in [-0.4, -0.2) is 43.8 Å². The van der Waals surface area contributed by atoms with Crippen LogP contribution in [0.1, 0.15) is 48.0 Å². The number of carbonyl (C=O) groups excluding carboxylic acids is 1. The summed E-state index contributed by atoms with van der Waals surface area (Å²) < 4.78 is 34.3. The predicted octanol–water partition coefficient (Wildman–Crippen LogP) is 3.52. The van der Waals surface area contributed by atoms with Gasteiger partial charge in [0.25, 0.3) is 15.9 Å². The van der Waals surface area contributed by atoms with Crippen LogP contribution in [0.25, 0.3) is 0 Å². The molecule has 2 aromatic carbocycles. The van der Waals surface area contributed by atoms with Gasteiger partial charge < -0.3 is 20.3 Å². The maximum Gasteiger partial charge on any atom is 0.265 e. The van der Waals surface area contributed by atoms with E-state index in [9.17, 15) is 28.7 Å². The van der Waals surface area contributed by atoms with Crippen molar-refractivity contribution in [2.75, 3.05) is 17.9 Å². The highest BCUT2D eigenvalue weighted by molar-refractivity contribution is 9.10. The summed E-state index contributed by atoms with van der Waals surface area (Å²) in [5, 5.41) is 33.5. The van der Waals surface area contributed by atoms with Gasteiger partial charge in [0.15, 0.2) is 5.75 Å². The van der Waals surface area contributed by atoms with E-state index in [1.54, 1.807) is 0 Å². The number of nitrogens with one attached hydrogen (secondary N) is 2. The number of hydrogen-bond donors (Lipinski definition) is 4. The molecule has 1 heterocycles. The lowest BCUT2D eigenvalue weighted by molar-refractivity contribution is 0.0855. The molecule has 1 aliphatic carbocycles. The van der Waals surface area contributed by atoms with Crippen molar-refractivity contribution in [1.29, 1.82) is 5.26 Å². The van der Waals surface area contributed by atoms with E-state index >= 15 is 0 Å². The third-order valence-corrected chi connectivity index (χ3v) is 8.19. The van der Waals surface area contributed by atoms with Gasteiger partial charge in [0.2, 0.25) is 0 Å². The number of phenolic OH excluding ortho intramolecular Hbond substituents is 2. The van der Waals surface area contributed by atoms with Crippen molar-refractivity contribution >= 4 is 37.5 Å². The Morgan fingerprint density at radius 2 is 2.00 bits per heavy atom. The molecule has 1 saturated heterocycles. The van der Waals surface area contributed by atoms with Gasteiger partial charge in [-0.2, -0.15) is 5.26 Å². The van der Waals surface area contributed by atoms with E-state index in [0.717, 1.165) is 19.3 Å². The molecule has 34 heavy (non-hydrogen) atoms. The quantitative estimate of drug-likeness (QED) is 0.386. The zero-order valence-electron chi connectivity index (χ0n) is 18.2. The maximum absolute atomic E-state index is 13.0. The van der Waals surface area contributed by atoms with Crippen molar-refractivity contribution in [1.82, 2.24) is 5.32 Å². The van der Waals surface area contributed by atoms with Crippen molar-refractivity contribution in [3.8, 4) is 17.6 Å². The molecule has 1 unspecified atom stereocenters. The number of rotatable bonds is 7. The molecule has 0 spiro atoms.